The Labute approximate surface area is 107 Å². The first-order valence-corrected chi connectivity index (χ1v) is 5.81. The van der Waals surface area contributed by atoms with Crippen molar-refractivity contribution in [3.63, 3.8) is 0 Å². The number of hydrogen-bond acceptors (Lipinski definition) is 5. The SMILES string of the molecule is Cc1nc(N)ncc1-c1ccnc(C(C)(C)C)n1. The van der Waals surface area contributed by atoms with Crippen LogP contribution in [-0.2, 0) is 5.41 Å². The van der Waals surface area contributed by atoms with Gasteiger partial charge in [-0.15, -0.1) is 0 Å². The van der Waals surface area contributed by atoms with Crippen LogP contribution >= 0.6 is 0 Å². The molecule has 2 aromatic rings. The van der Waals surface area contributed by atoms with Gasteiger partial charge in [-0.2, -0.15) is 0 Å². The van der Waals surface area contributed by atoms with Gasteiger partial charge in [0, 0.05) is 23.4 Å². The molecule has 2 heterocycles. The van der Waals surface area contributed by atoms with E-state index in [1.807, 2.05) is 13.0 Å². The molecule has 0 atom stereocenters. The van der Waals surface area contributed by atoms with Crippen molar-refractivity contribution in [2.24, 2.45) is 0 Å². The molecule has 0 amide bonds. The second-order valence-electron chi connectivity index (χ2n) is 5.24. The topological polar surface area (TPSA) is 77.6 Å². The molecule has 5 heteroatoms. The maximum absolute atomic E-state index is 5.55. The van der Waals surface area contributed by atoms with Gasteiger partial charge in [0.1, 0.15) is 5.82 Å². The Bertz CT molecular complexity index is 572. The van der Waals surface area contributed by atoms with Crippen LogP contribution in [0.4, 0.5) is 5.95 Å². The van der Waals surface area contributed by atoms with Crippen LogP contribution < -0.4 is 5.73 Å². The van der Waals surface area contributed by atoms with Crippen LogP contribution in [0.25, 0.3) is 11.3 Å². The second kappa shape index (κ2) is 4.33. The van der Waals surface area contributed by atoms with Crippen molar-refractivity contribution in [3.8, 4) is 11.3 Å². The van der Waals surface area contributed by atoms with Crippen LogP contribution in [0.5, 0.6) is 0 Å². The maximum Gasteiger partial charge on any atom is 0.220 e. The van der Waals surface area contributed by atoms with E-state index in [0.29, 0.717) is 0 Å². The van der Waals surface area contributed by atoms with E-state index in [4.69, 9.17) is 5.73 Å². The van der Waals surface area contributed by atoms with Crippen LogP contribution in [0.2, 0.25) is 0 Å². The number of rotatable bonds is 1. The third-order valence-corrected chi connectivity index (χ3v) is 2.60. The molecule has 0 unspecified atom stereocenters. The monoisotopic (exact) mass is 243 g/mol. The highest BCUT2D eigenvalue weighted by molar-refractivity contribution is 5.60. The zero-order valence-electron chi connectivity index (χ0n) is 11.1. The third-order valence-electron chi connectivity index (χ3n) is 2.60. The number of aryl methyl sites for hydroxylation is 1. The number of hydrogen-bond donors (Lipinski definition) is 1. The van der Waals surface area contributed by atoms with Crippen molar-refractivity contribution in [2.45, 2.75) is 33.1 Å². The Hall–Kier alpha value is -2.04. The molecule has 0 bridgehead atoms. The largest absolute Gasteiger partial charge is 0.368 e. The lowest BCUT2D eigenvalue weighted by Gasteiger charge is -2.17. The minimum atomic E-state index is -0.0847. The molecule has 5 nitrogen and oxygen atoms in total. The summed E-state index contributed by atoms with van der Waals surface area (Å²) in [5, 5.41) is 0. The summed E-state index contributed by atoms with van der Waals surface area (Å²) in [7, 11) is 0. The Balaban J connectivity index is 2.51. The summed E-state index contributed by atoms with van der Waals surface area (Å²) in [5.41, 5.74) is 8.00. The first kappa shape index (κ1) is 12.4. The molecule has 2 aromatic heterocycles. The van der Waals surface area contributed by atoms with E-state index in [2.05, 4.69) is 40.7 Å². The Kier molecular flexibility index (Phi) is 2.98. The Morgan fingerprint density at radius 2 is 1.83 bits per heavy atom. The summed E-state index contributed by atoms with van der Waals surface area (Å²) in [6.45, 7) is 8.14. The van der Waals surface area contributed by atoms with E-state index in [0.717, 1.165) is 22.8 Å². The lowest BCUT2D eigenvalue weighted by molar-refractivity contribution is 0.546. The maximum atomic E-state index is 5.55. The van der Waals surface area contributed by atoms with Crippen molar-refractivity contribution in [2.75, 3.05) is 5.73 Å². The summed E-state index contributed by atoms with van der Waals surface area (Å²) in [5.74, 6) is 1.08. The Morgan fingerprint density at radius 3 is 2.44 bits per heavy atom. The fraction of sp³-hybridized carbons (Fsp3) is 0.385. The number of aromatic nitrogens is 4. The second-order valence-corrected chi connectivity index (χ2v) is 5.24. The van der Waals surface area contributed by atoms with E-state index < -0.39 is 0 Å². The fourth-order valence-electron chi connectivity index (χ4n) is 1.61. The van der Waals surface area contributed by atoms with Crippen LogP contribution in [0, 0.1) is 6.92 Å². The highest BCUT2D eigenvalue weighted by Gasteiger charge is 2.18. The van der Waals surface area contributed by atoms with Gasteiger partial charge in [0.05, 0.1) is 11.4 Å². The van der Waals surface area contributed by atoms with Gasteiger partial charge in [0.2, 0.25) is 5.95 Å². The van der Waals surface area contributed by atoms with E-state index >= 15 is 0 Å². The van der Waals surface area contributed by atoms with Crippen molar-refractivity contribution in [3.05, 3.63) is 30.0 Å². The molecule has 2 N–H and O–H groups in total. The van der Waals surface area contributed by atoms with Crippen molar-refractivity contribution in [1.29, 1.82) is 0 Å². The molecule has 18 heavy (non-hydrogen) atoms. The number of anilines is 1. The average molecular weight is 243 g/mol. The van der Waals surface area contributed by atoms with Gasteiger partial charge in [-0.25, -0.2) is 19.9 Å². The summed E-state index contributed by atoms with van der Waals surface area (Å²) >= 11 is 0. The van der Waals surface area contributed by atoms with Gasteiger partial charge in [-0.1, -0.05) is 20.8 Å². The first-order valence-electron chi connectivity index (χ1n) is 5.81. The van der Waals surface area contributed by atoms with E-state index in [1.165, 1.54) is 0 Å². The minimum Gasteiger partial charge on any atom is -0.368 e. The Morgan fingerprint density at radius 1 is 1.11 bits per heavy atom. The molecule has 2 rings (SSSR count). The van der Waals surface area contributed by atoms with Gasteiger partial charge in [0.25, 0.3) is 0 Å². The molecule has 0 fully saturated rings. The van der Waals surface area contributed by atoms with Crippen molar-refractivity contribution >= 4 is 5.95 Å². The lowest BCUT2D eigenvalue weighted by Crippen LogP contribution is -2.16. The van der Waals surface area contributed by atoms with Crippen molar-refractivity contribution in [1.82, 2.24) is 19.9 Å². The van der Waals surface area contributed by atoms with Gasteiger partial charge >= 0.3 is 0 Å². The molecule has 0 aliphatic heterocycles. The van der Waals surface area contributed by atoms with Gasteiger partial charge < -0.3 is 5.73 Å². The first-order chi connectivity index (χ1) is 8.38. The van der Waals surface area contributed by atoms with Crippen molar-refractivity contribution < 1.29 is 0 Å². The lowest BCUT2D eigenvalue weighted by atomic mass is 9.95. The van der Waals surface area contributed by atoms with Crippen LogP contribution in [0.1, 0.15) is 32.3 Å². The summed E-state index contributed by atoms with van der Waals surface area (Å²) in [4.78, 5) is 17.0. The standard InChI is InChI=1S/C13H17N5/c1-8-9(7-16-12(14)17-8)10-5-6-15-11(18-10)13(2,3)4/h5-7H,1-4H3,(H2,14,16,17). The molecule has 0 saturated carbocycles. The molecule has 0 saturated heterocycles. The summed E-state index contributed by atoms with van der Waals surface area (Å²) < 4.78 is 0. The average Bonchev–Trinajstić information content (AvgIpc) is 2.28. The van der Waals surface area contributed by atoms with Crippen LogP contribution in [-0.4, -0.2) is 19.9 Å². The highest BCUT2D eigenvalue weighted by atomic mass is 15.0. The van der Waals surface area contributed by atoms with Crippen LogP contribution in [0.3, 0.4) is 0 Å². The number of nitrogens with zero attached hydrogens (tertiary/aromatic N) is 4. The van der Waals surface area contributed by atoms with E-state index in [1.54, 1.807) is 12.4 Å². The van der Waals surface area contributed by atoms with Gasteiger partial charge in [-0.3, -0.25) is 0 Å². The summed E-state index contributed by atoms with van der Waals surface area (Å²) in [6.07, 6.45) is 3.46. The molecule has 0 aromatic carbocycles. The molecule has 94 valence electrons. The number of nitrogen functional groups attached to an aromatic ring is 1. The van der Waals surface area contributed by atoms with E-state index in [-0.39, 0.29) is 11.4 Å². The predicted octanol–water partition coefficient (Wildman–Crippen LogP) is 2.12. The third kappa shape index (κ3) is 2.45. The number of nitrogens with two attached hydrogens (primary N) is 1. The quantitative estimate of drug-likeness (QED) is 0.830. The van der Waals surface area contributed by atoms with Gasteiger partial charge in [-0.05, 0) is 13.0 Å². The molecular weight excluding hydrogens is 226 g/mol. The fourth-order valence-corrected chi connectivity index (χ4v) is 1.61. The normalized spacial score (nSPS) is 11.6. The zero-order chi connectivity index (χ0) is 13.3. The molecule has 0 aliphatic rings. The highest BCUT2D eigenvalue weighted by Crippen LogP contribution is 2.23. The molecular formula is C13H17N5. The van der Waals surface area contributed by atoms with Gasteiger partial charge in [0.15, 0.2) is 0 Å². The predicted molar refractivity (Wildman–Crippen MR) is 70.9 cm³/mol. The van der Waals surface area contributed by atoms with Crippen LogP contribution in [0.15, 0.2) is 18.5 Å². The minimum absolute atomic E-state index is 0.0847. The molecule has 0 spiro atoms. The smallest absolute Gasteiger partial charge is 0.220 e. The zero-order valence-corrected chi connectivity index (χ0v) is 11.1. The summed E-state index contributed by atoms with van der Waals surface area (Å²) in [6, 6.07) is 1.86. The molecule has 0 aliphatic carbocycles. The molecule has 0 radical (unpaired) electrons. The van der Waals surface area contributed by atoms with E-state index in [9.17, 15) is 0 Å².